The summed E-state index contributed by atoms with van der Waals surface area (Å²) in [5.74, 6) is 1.21. The minimum absolute atomic E-state index is 0.0414. The number of thiophene rings is 1. The topological polar surface area (TPSA) is 63.7 Å². The molecule has 7 heteroatoms. The van der Waals surface area contributed by atoms with E-state index >= 15 is 0 Å². The van der Waals surface area contributed by atoms with Crippen LogP contribution >= 0.6 is 11.3 Å². The second kappa shape index (κ2) is 8.44. The molecule has 146 valence electrons. The minimum Gasteiger partial charge on any atom is -0.493 e. The highest BCUT2D eigenvalue weighted by molar-refractivity contribution is 7.91. The molecule has 0 aliphatic carbocycles. The Balaban J connectivity index is 1.77. The molecule has 0 radical (unpaired) electrons. The summed E-state index contributed by atoms with van der Waals surface area (Å²) in [5.41, 5.74) is 0.549. The van der Waals surface area contributed by atoms with Crippen LogP contribution in [0.25, 0.3) is 0 Å². The van der Waals surface area contributed by atoms with Crippen molar-refractivity contribution in [3.05, 3.63) is 52.2 Å². The smallest absolute Gasteiger partial charge is 0.254 e. The fraction of sp³-hybridized carbons (Fsp3) is 0.450. The predicted molar refractivity (Wildman–Crippen MR) is 108 cm³/mol. The maximum absolute atomic E-state index is 13.1. The first-order chi connectivity index (χ1) is 12.8. The fourth-order valence-corrected chi connectivity index (χ4v) is 5.51. The van der Waals surface area contributed by atoms with Crippen molar-refractivity contribution >= 4 is 27.1 Å². The van der Waals surface area contributed by atoms with Gasteiger partial charge in [-0.2, -0.15) is 0 Å². The minimum atomic E-state index is -3.07. The van der Waals surface area contributed by atoms with Crippen molar-refractivity contribution in [2.24, 2.45) is 5.92 Å². The zero-order valence-electron chi connectivity index (χ0n) is 15.6. The quantitative estimate of drug-likeness (QED) is 0.703. The van der Waals surface area contributed by atoms with Crippen LogP contribution in [0.15, 0.2) is 41.8 Å². The van der Waals surface area contributed by atoms with Crippen molar-refractivity contribution in [3.8, 4) is 5.75 Å². The van der Waals surface area contributed by atoms with Gasteiger partial charge in [-0.3, -0.25) is 4.79 Å². The van der Waals surface area contributed by atoms with E-state index in [1.165, 1.54) is 0 Å². The highest BCUT2D eigenvalue weighted by Gasteiger charge is 2.35. The van der Waals surface area contributed by atoms with E-state index in [1.807, 2.05) is 17.5 Å². The lowest BCUT2D eigenvalue weighted by molar-refractivity contribution is 0.0683. The van der Waals surface area contributed by atoms with E-state index in [9.17, 15) is 13.2 Å². The molecule has 1 saturated heterocycles. The average Bonchev–Trinajstić information content (AvgIpc) is 3.27. The van der Waals surface area contributed by atoms with Crippen molar-refractivity contribution in [2.45, 2.75) is 32.9 Å². The van der Waals surface area contributed by atoms with Crippen molar-refractivity contribution in [2.75, 3.05) is 18.1 Å². The molecular weight excluding hydrogens is 382 g/mol. The third kappa shape index (κ3) is 5.32. The van der Waals surface area contributed by atoms with Gasteiger partial charge in [-0.05, 0) is 48.1 Å². The Morgan fingerprint density at radius 2 is 2.00 bits per heavy atom. The number of carbonyl (C=O) groups excluding carboxylic acids is 1. The van der Waals surface area contributed by atoms with Gasteiger partial charge in [0.25, 0.3) is 5.91 Å². The van der Waals surface area contributed by atoms with Gasteiger partial charge in [0.2, 0.25) is 0 Å². The second-order valence-electron chi connectivity index (χ2n) is 7.30. The Labute approximate surface area is 164 Å². The number of hydrogen-bond donors (Lipinski definition) is 0. The lowest BCUT2D eigenvalue weighted by Crippen LogP contribution is -2.40. The Kier molecular flexibility index (Phi) is 6.22. The number of carbonyl (C=O) groups is 1. The molecule has 1 atom stereocenters. The number of benzene rings is 1. The number of rotatable bonds is 7. The van der Waals surface area contributed by atoms with Crippen LogP contribution in [0.2, 0.25) is 0 Å². The summed E-state index contributed by atoms with van der Waals surface area (Å²) in [6, 6.07) is 10.7. The van der Waals surface area contributed by atoms with E-state index < -0.39 is 9.84 Å². The summed E-state index contributed by atoms with van der Waals surface area (Å²) in [6.45, 7) is 5.21. The molecule has 27 heavy (non-hydrogen) atoms. The number of nitrogens with zero attached hydrogens (tertiary/aromatic N) is 1. The van der Waals surface area contributed by atoms with Gasteiger partial charge in [-0.15, -0.1) is 11.3 Å². The summed E-state index contributed by atoms with van der Waals surface area (Å²) in [4.78, 5) is 15.9. The molecule has 1 aliphatic rings. The van der Waals surface area contributed by atoms with Crippen LogP contribution in [-0.2, 0) is 16.4 Å². The summed E-state index contributed by atoms with van der Waals surface area (Å²) in [7, 11) is -3.07. The standard InChI is InChI=1S/C20H25NO4S2/c1-15(2)13-25-18-7-5-16(6-8-18)20(22)21(12-19-4-3-10-26-19)17-9-11-27(23,24)14-17/h3-8,10,15,17H,9,11-14H2,1-2H3. The van der Waals surface area contributed by atoms with Gasteiger partial charge in [0.05, 0.1) is 24.7 Å². The van der Waals surface area contributed by atoms with Gasteiger partial charge in [-0.25, -0.2) is 8.42 Å². The lowest BCUT2D eigenvalue weighted by atomic mass is 10.1. The molecule has 5 nitrogen and oxygen atoms in total. The molecule has 0 bridgehead atoms. The second-order valence-corrected chi connectivity index (χ2v) is 10.6. The van der Waals surface area contributed by atoms with Crippen molar-refractivity contribution in [3.63, 3.8) is 0 Å². The molecule has 1 aromatic carbocycles. The van der Waals surface area contributed by atoms with Crippen molar-refractivity contribution in [1.29, 1.82) is 0 Å². The van der Waals surface area contributed by atoms with E-state index in [4.69, 9.17) is 4.74 Å². The van der Waals surface area contributed by atoms with Gasteiger partial charge >= 0.3 is 0 Å². The van der Waals surface area contributed by atoms with Crippen LogP contribution < -0.4 is 4.74 Å². The third-order valence-corrected chi connectivity index (χ3v) is 7.11. The zero-order valence-corrected chi connectivity index (χ0v) is 17.3. The van der Waals surface area contributed by atoms with Gasteiger partial charge in [0.15, 0.2) is 9.84 Å². The van der Waals surface area contributed by atoms with E-state index in [2.05, 4.69) is 13.8 Å². The third-order valence-electron chi connectivity index (χ3n) is 4.50. The summed E-state index contributed by atoms with van der Waals surface area (Å²) >= 11 is 1.57. The van der Waals surface area contributed by atoms with Crippen LogP contribution in [0.4, 0.5) is 0 Å². The fourth-order valence-electron chi connectivity index (χ4n) is 3.08. The summed E-state index contributed by atoms with van der Waals surface area (Å²) in [6.07, 6.45) is 0.495. The van der Waals surface area contributed by atoms with Crippen LogP contribution in [0, 0.1) is 5.92 Å². The van der Waals surface area contributed by atoms with Crippen LogP contribution in [-0.4, -0.2) is 43.4 Å². The predicted octanol–water partition coefficient (Wildman–Crippen LogP) is 3.61. The molecule has 3 rings (SSSR count). The van der Waals surface area contributed by atoms with Gasteiger partial charge < -0.3 is 9.64 Å². The molecule has 0 saturated carbocycles. The van der Waals surface area contributed by atoms with Gasteiger partial charge in [-0.1, -0.05) is 19.9 Å². The molecule has 2 heterocycles. The first-order valence-electron chi connectivity index (χ1n) is 9.11. The molecule has 0 spiro atoms. The number of amides is 1. The maximum Gasteiger partial charge on any atom is 0.254 e. The first-order valence-corrected chi connectivity index (χ1v) is 11.8. The van der Waals surface area contributed by atoms with E-state index in [-0.39, 0.29) is 23.5 Å². The molecule has 1 amide bonds. The molecule has 1 aromatic heterocycles. The summed E-state index contributed by atoms with van der Waals surface area (Å²) < 4.78 is 29.5. The largest absolute Gasteiger partial charge is 0.493 e. The van der Waals surface area contributed by atoms with Crippen LogP contribution in [0.1, 0.15) is 35.5 Å². The number of ether oxygens (including phenoxy) is 1. The Hall–Kier alpha value is -1.86. The number of hydrogen-bond acceptors (Lipinski definition) is 5. The van der Waals surface area contributed by atoms with Crippen LogP contribution in [0.5, 0.6) is 5.75 Å². The highest BCUT2D eigenvalue weighted by Crippen LogP contribution is 2.24. The molecule has 1 fully saturated rings. The lowest BCUT2D eigenvalue weighted by Gasteiger charge is -2.28. The Morgan fingerprint density at radius 1 is 1.26 bits per heavy atom. The van der Waals surface area contributed by atoms with Gasteiger partial charge in [0, 0.05) is 16.5 Å². The van der Waals surface area contributed by atoms with Crippen LogP contribution in [0.3, 0.4) is 0 Å². The Bertz CT molecular complexity index is 858. The summed E-state index contributed by atoms with van der Waals surface area (Å²) in [5, 5.41) is 1.96. The molecule has 2 aromatic rings. The van der Waals surface area contributed by atoms with E-state index in [0.29, 0.717) is 31.1 Å². The molecule has 1 unspecified atom stereocenters. The van der Waals surface area contributed by atoms with Crippen molar-refractivity contribution < 1.29 is 17.9 Å². The molecule has 1 aliphatic heterocycles. The van der Waals surface area contributed by atoms with E-state index in [0.717, 1.165) is 10.6 Å². The van der Waals surface area contributed by atoms with Crippen molar-refractivity contribution in [1.82, 2.24) is 4.90 Å². The molecule has 0 N–H and O–H groups in total. The van der Waals surface area contributed by atoms with E-state index in [1.54, 1.807) is 40.5 Å². The average molecular weight is 408 g/mol. The molecular formula is C20H25NO4S2. The number of sulfone groups is 1. The Morgan fingerprint density at radius 3 is 2.56 bits per heavy atom. The monoisotopic (exact) mass is 407 g/mol. The SMILES string of the molecule is CC(C)COc1ccc(C(=O)N(Cc2cccs2)C2CCS(=O)(=O)C2)cc1. The van der Waals surface area contributed by atoms with Gasteiger partial charge in [0.1, 0.15) is 5.75 Å². The maximum atomic E-state index is 13.1. The normalized spacial score (nSPS) is 18.6. The highest BCUT2D eigenvalue weighted by atomic mass is 32.2. The zero-order chi connectivity index (χ0) is 19.4. The first kappa shape index (κ1) is 19.9.